The Morgan fingerprint density at radius 1 is 1.23 bits per heavy atom. The molecular weight excluding hydrogens is 297 g/mol. The molecule has 0 saturated carbocycles. The molecule has 0 aliphatic carbocycles. The van der Waals surface area contributed by atoms with Gasteiger partial charge in [0, 0.05) is 0 Å². The molecule has 22 heavy (non-hydrogen) atoms. The van der Waals surface area contributed by atoms with Gasteiger partial charge in [-0.1, -0.05) is 13.8 Å². The molecule has 7 heteroatoms. The molecule has 0 atom stereocenters. The molecule has 4 nitrogen and oxygen atoms in total. The van der Waals surface area contributed by atoms with E-state index in [-0.39, 0.29) is 12.5 Å². The standard InChI is InChI=1S/C15H17F3N2O2/c1-9(2)13-12(8-21)14(22-3)20(19-13)11-6-4-10(5-7-11)15(16,17)18/h4-7,9,21H,8H2,1-3H3. The number of aliphatic hydroxyl groups is 1. The lowest BCUT2D eigenvalue weighted by atomic mass is 10.1. The van der Waals surface area contributed by atoms with Crippen molar-refractivity contribution < 1.29 is 23.0 Å². The average molecular weight is 314 g/mol. The Balaban J connectivity index is 2.52. The summed E-state index contributed by atoms with van der Waals surface area (Å²) < 4.78 is 44.5. The number of methoxy groups -OCH3 is 1. The van der Waals surface area contributed by atoms with Gasteiger partial charge in [0.1, 0.15) is 0 Å². The van der Waals surface area contributed by atoms with Crippen molar-refractivity contribution in [2.45, 2.75) is 32.5 Å². The van der Waals surface area contributed by atoms with Gasteiger partial charge in [-0.15, -0.1) is 0 Å². The Labute approximate surface area is 126 Å². The van der Waals surface area contributed by atoms with Crippen molar-refractivity contribution in [1.29, 1.82) is 0 Å². The number of alkyl halides is 3. The summed E-state index contributed by atoms with van der Waals surface area (Å²) in [7, 11) is 1.43. The highest BCUT2D eigenvalue weighted by molar-refractivity contribution is 5.43. The molecule has 0 radical (unpaired) electrons. The molecule has 1 aromatic carbocycles. The largest absolute Gasteiger partial charge is 0.481 e. The lowest BCUT2D eigenvalue weighted by Gasteiger charge is -2.10. The maximum absolute atomic E-state index is 12.6. The average Bonchev–Trinajstić information content (AvgIpc) is 2.85. The van der Waals surface area contributed by atoms with E-state index in [0.717, 1.165) is 12.1 Å². The Kier molecular flexibility index (Phi) is 4.46. The lowest BCUT2D eigenvalue weighted by molar-refractivity contribution is -0.137. The number of aromatic nitrogens is 2. The van der Waals surface area contributed by atoms with Crippen LogP contribution in [-0.4, -0.2) is 22.0 Å². The summed E-state index contributed by atoms with van der Waals surface area (Å²) in [4.78, 5) is 0. The van der Waals surface area contributed by atoms with Crippen molar-refractivity contribution in [3.63, 3.8) is 0 Å². The molecule has 1 aromatic heterocycles. The monoisotopic (exact) mass is 314 g/mol. The summed E-state index contributed by atoms with van der Waals surface area (Å²) in [5, 5.41) is 13.9. The number of benzene rings is 1. The number of ether oxygens (including phenoxy) is 1. The molecule has 0 fully saturated rings. The van der Waals surface area contributed by atoms with Crippen LogP contribution in [0.5, 0.6) is 5.88 Å². The van der Waals surface area contributed by atoms with Crippen molar-refractivity contribution in [3.05, 3.63) is 41.1 Å². The number of aliphatic hydroxyl groups excluding tert-OH is 1. The van der Waals surface area contributed by atoms with Crippen LogP contribution >= 0.6 is 0 Å². The summed E-state index contributed by atoms with van der Waals surface area (Å²) in [5.74, 6) is 0.373. The van der Waals surface area contributed by atoms with E-state index < -0.39 is 11.7 Å². The summed E-state index contributed by atoms with van der Waals surface area (Å²) in [6.07, 6.45) is -4.38. The highest BCUT2D eigenvalue weighted by Crippen LogP contribution is 2.32. The fraction of sp³-hybridized carbons (Fsp3) is 0.400. The van der Waals surface area contributed by atoms with Crippen LogP contribution in [0.3, 0.4) is 0 Å². The Morgan fingerprint density at radius 2 is 1.82 bits per heavy atom. The van der Waals surface area contributed by atoms with Gasteiger partial charge in [0.15, 0.2) is 0 Å². The second-order valence-corrected chi connectivity index (χ2v) is 5.14. The Morgan fingerprint density at radius 3 is 2.23 bits per heavy atom. The van der Waals surface area contributed by atoms with Gasteiger partial charge in [-0.05, 0) is 30.2 Å². The first-order chi connectivity index (χ1) is 10.3. The maximum atomic E-state index is 12.6. The van der Waals surface area contributed by atoms with Crippen molar-refractivity contribution in [2.24, 2.45) is 0 Å². The van der Waals surface area contributed by atoms with Gasteiger partial charge >= 0.3 is 6.18 Å². The molecule has 0 spiro atoms. The first kappa shape index (κ1) is 16.4. The summed E-state index contributed by atoms with van der Waals surface area (Å²) in [6, 6.07) is 4.63. The quantitative estimate of drug-likeness (QED) is 0.939. The highest BCUT2D eigenvalue weighted by Gasteiger charge is 2.30. The third-order valence-corrected chi connectivity index (χ3v) is 3.30. The van der Waals surface area contributed by atoms with Crippen LogP contribution < -0.4 is 4.74 Å². The number of hydrogen-bond acceptors (Lipinski definition) is 3. The molecule has 2 rings (SSSR count). The van der Waals surface area contributed by atoms with Crippen molar-refractivity contribution >= 4 is 0 Å². The Bertz CT molecular complexity index is 646. The molecule has 0 saturated heterocycles. The SMILES string of the molecule is COc1c(CO)c(C(C)C)nn1-c1ccc(C(F)(F)F)cc1. The van der Waals surface area contributed by atoms with Gasteiger partial charge in [-0.25, -0.2) is 4.68 Å². The van der Waals surface area contributed by atoms with Gasteiger partial charge < -0.3 is 9.84 Å². The van der Waals surface area contributed by atoms with Crippen LogP contribution in [0.4, 0.5) is 13.2 Å². The summed E-state index contributed by atoms with van der Waals surface area (Å²) in [5.41, 5.74) is 0.900. The minimum Gasteiger partial charge on any atom is -0.481 e. The van der Waals surface area contributed by atoms with E-state index in [9.17, 15) is 18.3 Å². The number of halogens is 3. The second kappa shape index (κ2) is 6.00. The zero-order chi connectivity index (χ0) is 16.5. The molecule has 1 heterocycles. The predicted molar refractivity (Wildman–Crippen MR) is 75.1 cm³/mol. The van der Waals surface area contributed by atoms with Crippen LogP contribution in [0, 0.1) is 0 Å². The fourth-order valence-corrected chi connectivity index (χ4v) is 2.24. The minimum atomic E-state index is -4.38. The van der Waals surface area contributed by atoms with Crippen LogP contribution in [0.1, 0.15) is 36.6 Å². The van der Waals surface area contributed by atoms with Crippen molar-refractivity contribution in [1.82, 2.24) is 9.78 Å². The van der Waals surface area contributed by atoms with Gasteiger partial charge in [0.05, 0.1) is 36.2 Å². The normalized spacial score (nSPS) is 12.0. The first-order valence-corrected chi connectivity index (χ1v) is 6.73. The maximum Gasteiger partial charge on any atom is 0.416 e. The molecule has 0 amide bonds. The number of rotatable bonds is 4. The van der Waals surface area contributed by atoms with E-state index in [1.165, 1.54) is 23.9 Å². The number of nitrogens with zero attached hydrogens (tertiary/aromatic N) is 2. The van der Waals surface area contributed by atoms with E-state index in [1.54, 1.807) is 0 Å². The number of hydrogen-bond donors (Lipinski definition) is 1. The summed E-state index contributed by atoms with van der Waals surface area (Å²) in [6.45, 7) is 3.58. The van der Waals surface area contributed by atoms with E-state index in [4.69, 9.17) is 4.74 Å². The van der Waals surface area contributed by atoms with Crippen LogP contribution in [0.15, 0.2) is 24.3 Å². The molecule has 0 bridgehead atoms. The van der Waals surface area contributed by atoms with Crippen molar-refractivity contribution in [3.8, 4) is 11.6 Å². The zero-order valence-electron chi connectivity index (χ0n) is 12.5. The van der Waals surface area contributed by atoms with E-state index in [1.807, 2.05) is 13.8 Å². The molecule has 0 aliphatic heterocycles. The molecule has 0 aliphatic rings. The van der Waals surface area contributed by atoms with Gasteiger partial charge in [0.25, 0.3) is 0 Å². The highest BCUT2D eigenvalue weighted by atomic mass is 19.4. The first-order valence-electron chi connectivity index (χ1n) is 6.73. The minimum absolute atomic E-state index is 0.0479. The Hall–Kier alpha value is -2.02. The lowest BCUT2D eigenvalue weighted by Crippen LogP contribution is -2.06. The van der Waals surface area contributed by atoms with Crippen molar-refractivity contribution in [2.75, 3.05) is 7.11 Å². The van der Waals surface area contributed by atoms with Gasteiger partial charge in [-0.3, -0.25) is 0 Å². The van der Waals surface area contributed by atoms with Crippen LogP contribution in [0.25, 0.3) is 5.69 Å². The molecule has 120 valence electrons. The van der Waals surface area contributed by atoms with Crippen LogP contribution in [-0.2, 0) is 12.8 Å². The molecular formula is C15H17F3N2O2. The van der Waals surface area contributed by atoms with E-state index in [2.05, 4.69) is 5.10 Å². The fourth-order valence-electron chi connectivity index (χ4n) is 2.24. The molecule has 1 N–H and O–H groups in total. The van der Waals surface area contributed by atoms with E-state index >= 15 is 0 Å². The third-order valence-electron chi connectivity index (χ3n) is 3.30. The zero-order valence-corrected chi connectivity index (χ0v) is 12.5. The van der Waals surface area contributed by atoms with Gasteiger partial charge in [0.2, 0.25) is 5.88 Å². The third kappa shape index (κ3) is 2.94. The smallest absolute Gasteiger partial charge is 0.416 e. The topological polar surface area (TPSA) is 47.3 Å². The van der Waals surface area contributed by atoms with Gasteiger partial charge in [-0.2, -0.15) is 18.3 Å². The molecule has 0 unspecified atom stereocenters. The van der Waals surface area contributed by atoms with Crippen LogP contribution in [0.2, 0.25) is 0 Å². The van der Waals surface area contributed by atoms with E-state index in [0.29, 0.717) is 22.8 Å². The predicted octanol–water partition coefficient (Wildman–Crippen LogP) is 3.52. The second-order valence-electron chi connectivity index (χ2n) is 5.14. The molecule has 2 aromatic rings. The summed E-state index contributed by atoms with van der Waals surface area (Å²) >= 11 is 0.